The van der Waals surface area contributed by atoms with E-state index in [4.69, 9.17) is 0 Å². The maximum Gasteiger partial charge on any atom is 0.379 e. The van der Waals surface area contributed by atoms with Crippen molar-refractivity contribution in [2.24, 2.45) is 0 Å². The molecule has 1 aliphatic rings. The normalized spacial score (nSPS) is 14.4. The van der Waals surface area contributed by atoms with Crippen LogP contribution in [0.1, 0.15) is 18.4 Å². The quantitative estimate of drug-likeness (QED) is 0.349. The van der Waals surface area contributed by atoms with Crippen LogP contribution in [0.3, 0.4) is 0 Å². The van der Waals surface area contributed by atoms with Gasteiger partial charge < -0.3 is 9.64 Å². The molecule has 0 aromatic heterocycles. The molecular formula is C17H19NO3. The van der Waals surface area contributed by atoms with Crippen molar-refractivity contribution in [2.45, 2.75) is 12.8 Å². The van der Waals surface area contributed by atoms with Gasteiger partial charge >= 0.3 is 5.97 Å². The second kappa shape index (κ2) is 7.43. The summed E-state index contributed by atoms with van der Waals surface area (Å²) < 4.78 is 4.66. The highest BCUT2D eigenvalue weighted by molar-refractivity contribution is 6.39. The number of rotatable bonds is 6. The van der Waals surface area contributed by atoms with Gasteiger partial charge in [-0.05, 0) is 36.6 Å². The number of hydrogen-bond acceptors (Lipinski definition) is 4. The summed E-state index contributed by atoms with van der Waals surface area (Å²) in [6.07, 6.45) is 6.75. The van der Waals surface area contributed by atoms with Crippen molar-refractivity contribution < 1.29 is 14.3 Å². The number of benzene rings is 1. The summed E-state index contributed by atoms with van der Waals surface area (Å²) in [6, 6.07) is 7.94. The highest BCUT2D eigenvalue weighted by atomic mass is 16.5. The first-order chi connectivity index (χ1) is 10.2. The number of carbonyl (C=O) groups excluding carboxylic acids is 2. The lowest BCUT2D eigenvalue weighted by molar-refractivity contribution is -0.150. The van der Waals surface area contributed by atoms with E-state index in [1.165, 1.54) is 30.7 Å². The van der Waals surface area contributed by atoms with E-state index in [-0.39, 0.29) is 6.61 Å². The standard InChI is InChI=1S/C17H19NO3/c1-2-13-21-17(20)16(19)10-7-14-5-8-15(9-6-14)18-11-3-4-12-18/h2,5-10H,1,3-4,11-13H2. The number of anilines is 1. The summed E-state index contributed by atoms with van der Waals surface area (Å²) in [4.78, 5) is 25.1. The van der Waals surface area contributed by atoms with Gasteiger partial charge in [0.25, 0.3) is 5.78 Å². The summed E-state index contributed by atoms with van der Waals surface area (Å²) >= 11 is 0. The van der Waals surface area contributed by atoms with Gasteiger partial charge in [0.15, 0.2) is 0 Å². The minimum absolute atomic E-state index is 0.0446. The van der Waals surface area contributed by atoms with Gasteiger partial charge in [-0.2, -0.15) is 0 Å². The van der Waals surface area contributed by atoms with Crippen LogP contribution in [-0.2, 0) is 14.3 Å². The van der Waals surface area contributed by atoms with E-state index >= 15 is 0 Å². The number of esters is 1. The molecule has 2 rings (SSSR count). The second-order valence-electron chi connectivity index (χ2n) is 4.87. The van der Waals surface area contributed by atoms with Crippen LogP contribution in [0.5, 0.6) is 0 Å². The maximum atomic E-state index is 11.5. The number of ether oxygens (including phenoxy) is 1. The van der Waals surface area contributed by atoms with Crippen molar-refractivity contribution in [3.63, 3.8) is 0 Å². The van der Waals surface area contributed by atoms with Crippen molar-refractivity contribution in [1.82, 2.24) is 0 Å². The molecule has 110 valence electrons. The van der Waals surface area contributed by atoms with Gasteiger partial charge in [-0.25, -0.2) is 4.79 Å². The summed E-state index contributed by atoms with van der Waals surface area (Å²) in [5, 5.41) is 0. The first kappa shape index (κ1) is 15.0. The van der Waals surface area contributed by atoms with Gasteiger partial charge in [-0.1, -0.05) is 30.9 Å². The fourth-order valence-corrected chi connectivity index (χ4v) is 2.22. The Morgan fingerprint density at radius 1 is 1.19 bits per heavy atom. The third-order valence-electron chi connectivity index (χ3n) is 3.32. The maximum absolute atomic E-state index is 11.5. The first-order valence-corrected chi connectivity index (χ1v) is 7.06. The summed E-state index contributed by atoms with van der Waals surface area (Å²) in [5.41, 5.74) is 2.07. The van der Waals surface area contributed by atoms with E-state index < -0.39 is 11.8 Å². The molecule has 0 N–H and O–H groups in total. The van der Waals surface area contributed by atoms with Gasteiger partial charge in [0, 0.05) is 18.8 Å². The van der Waals surface area contributed by atoms with Crippen LogP contribution < -0.4 is 4.90 Å². The Morgan fingerprint density at radius 3 is 2.48 bits per heavy atom. The molecule has 4 heteroatoms. The summed E-state index contributed by atoms with van der Waals surface area (Å²) in [5.74, 6) is -1.53. The van der Waals surface area contributed by atoms with Crippen molar-refractivity contribution in [1.29, 1.82) is 0 Å². The van der Waals surface area contributed by atoms with E-state index in [1.54, 1.807) is 6.08 Å². The zero-order chi connectivity index (χ0) is 15.1. The number of nitrogens with zero attached hydrogens (tertiary/aromatic N) is 1. The predicted molar refractivity (Wildman–Crippen MR) is 83.1 cm³/mol. The van der Waals surface area contributed by atoms with Crippen LogP contribution in [0.4, 0.5) is 5.69 Å². The highest BCUT2D eigenvalue weighted by Crippen LogP contribution is 2.20. The average molecular weight is 285 g/mol. The number of hydrogen-bond donors (Lipinski definition) is 0. The van der Waals surface area contributed by atoms with Gasteiger partial charge in [0.05, 0.1) is 0 Å². The molecule has 21 heavy (non-hydrogen) atoms. The van der Waals surface area contributed by atoms with Gasteiger partial charge in [-0.3, -0.25) is 4.79 Å². The molecule has 1 aliphatic heterocycles. The van der Waals surface area contributed by atoms with Crippen LogP contribution in [0, 0.1) is 0 Å². The molecule has 0 unspecified atom stereocenters. The Labute approximate surface area is 124 Å². The van der Waals surface area contributed by atoms with Crippen molar-refractivity contribution in [2.75, 3.05) is 24.6 Å². The third kappa shape index (κ3) is 4.31. The second-order valence-corrected chi connectivity index (χ2v) is 4.87. The zero-order valence-electron chi connectivity index (χ0n) is 12.0. The van der Waals surface area contributed by atoms with Crippen LogP contribution in [-0.4, -0.2) is 31.4 Å². The van der Waals surface area contributed by atoms with Crippen LogP contribution in [0.15, 0.2) is 43.0 Å². The first-order valence-electron chi connectivity index (χ1n) is 7.06. The fraction of sp³-hybridized carbons (Fsp3) is 0.294. The number of carbonyl (C=O) groups is 2. The van der Waals surface area contributed by atoms with Crippen molar-refractivity contribution in [3.8, 4) is 0 Å². The molecule has 1 aromatic rings. The topological polar surface area (TPSA) is 46.6 Å². The molecule has 1 aromatic carbocycles. The molecule has 4 nitrogen and oxygen atoms in total. The predicted octanol–water partition coefficient (Wildman–Crippen LogP) is 2.60. The lowest BCUT2D eigenvalue weighted by Gasteiger charge is -2.17. The Bertz CT molecular complexity index is 540. The summed E-state index contributed by atoms with van der Waals surface area (Å²) in [7, 11) is 0. The van der Waals surface area contributed by atoms with E-state index in [1.807, 2.05) is 24.3 Å². The monoisotopic (exact) mass is 285 g/mol. The smallest absolute Gasteiger partial charge is 0.379 e. The average Bonchev–Trinajstić information content (AvgIpc) is 3.05. The van der Waals surface area contributed by atoms with Gasteiger partial charge in [0.2, 0.25) is 0 Å². The SMILES string of the molecule is C=CCOC(=O)C(=O)C=Cc1ccc(N2CCCC2)cc1. The Balaban J connectivity index is 1.93. The van der Waals surface area contributed by atoms with Gasteiger partial charge in [0.1, 0.15) is 6.61 Å². The molecule has 1 saturated heterocycles. The molecule has 1 heterocycles. The van der Waals surface area contributed by atoms with Crippen LogP contribution >= 0.6 is 0 Å². The van der Waals surface area contributed by atoms with E-state index in [0.717, 1.165) is 18.7 Å². The zero-order valence-corrected chi connectivity index (χ0v) is 12.0. The minimum Gasteiger partial charge on any atom is -0.455 e. The molecule has 0 saturated carbocycles. The largest absolute Gasteiger partial charge is 0.455 e. The summed E-state index contributed by atoms with van der Waals surface area (Å²) in [6.45, 7) is 5.66. The molecule has 0 aliphatic carbocycles. The van der Waals surface area contributed by atoms with Crippen molar-refractivity contribution in [3.05, 3.63) is 48.6 Å². The Kier molecular flexibility index (Phi) is 5.32. The lowest BCUT2D eigenvalue weighted by atomic mass is 10.1. The minimum atomic E-state index is -0.861. The molecule has 0 atom stereocenters. The van der Waals surface area contributed by atoms with Crippen LogP contribution in [0.2, 0.25) is 0 Å². The van der Waals surface area contributed by atoms with Crippen molar-refractivity contribution >= 4 is 23.5 Å². The van der Waals surface area contributed by atoms with E-state index in [9.17, 15) is 9.59 Å². The van der Waals surface area contributed by atoms with Crippen LogP contribution in [0.25, 0.3) is 6.08 Å². The molecule has 0 spiro atoms. The Morgan fingerprint density at radius 2 is 1.86 bits per heavy atom. The molecule has 0 amide bonds. The Hall–Kier alpha value is -2.36. The van der Waals surface area contributed by atoms with E-state index in [0.29, 0.717) is 0 Å². The highest BCUT2D eigenvalue weighted by Gasteiger charge is 2.12. The fourth-order valence-electron chi connectivity index (χ4n) is 2.22. The van der Waals surface area contributed by atoms with Gasteiger partial charge in [-0.15, -0.1) is 0 Å². The molecular weight excluding hydrogens is 266 g/mol. The third-order valence-corrected chi connectivity index (χ3v) is 3.32. The number of ketones is 1. The lowest BCUT2D eigenvalue weighted by Crippen LogP contribution is -2.17. The molecule has 1 fully saturated rings. The molecule has 0 radical (unpaired) electrons. The van der Waals surface area contributed by atoms with E-state index in [2.05, 4.69) is 16.2 Å². The molecule has 0 bridgehead atoms.